The van der Waals surface area contributed by atoms with Gasteiger partial charge in [-0.05, 0) is 17.7 Å². The summed E-state index contributed by atoms with van der Waals surface area (Å²) >= 11 is 0. The van der Waals surface area contributed by atoms with E-state index in [2.05, 4.69) is 0 Å². The topological polar surface area (TPSA) is 83.6 Å². The smallest absolute Gasteiger partial charge is 0.323 e. The van der Waals surface area contributed by atoms with Gasteiger partial charge in [-0.15, -0.1) is 0 Å². The Kier molecular flexibility index (Phi) is 3.33. The van der Waals surface area contributed by atoms with Crippen LogP contribution in [0.1, 0.15) is 11.7 Å². The summed E-state index contributed by atoms with van der Waals surface area (Å²) in [7, 11) is 0. The standard InChI is InChI=1S/C9H9F2NO3/c10-5-1-4(2-6(11)3-5)8(13)7(12)9(14)15/h1-3,7-8,13H,12H2,(H,14,15). The summed E-state index contributed by atoms with van der Waals surface area (Å²) in [5.74, 6) is -3.25. The Hall–Kier alpha value is -1.53. The number of hydrogen-bond acceptors (Lipinski definition) is 3. The molecular formula is C9H9F2NO3. The van der Waals surface area contributed by atoms with Gasteiger partial charge in [-0.2, -0.15) is 0 Å². The van der Waals surface area contributed by atoms with Crippen LogP contribution in [-0.4, -0.2) is 22.2 Å². The minimum Gasteiger partial charge on any atom is -0.480 e. The third-order valence-corrected chi connectivity index (χ3v) is 1.85. The molecule has 4 N–H and O–H groups in total. The van der Waals surface area contributed by atoms with Crippen LogP contribution in [0.3, 0.4) is 0 Å². The molecule has 0 aliphatic heterocycles. The van der Waals surface area contributed by atoms with Crippen LogP contribution in [0.5, 0.6) is 0 Å². The van der Waals surface area contributed by atoms with Crippen LogP contribution in [-0.2, 0) is 4.79 Å². The SMILES string of the molecule is NC(C(=O)O)C(O)c1cc(F)cc(F)c1. The van der Waals surface area contributed by atoms with Crippen LogP contribution in [0.25, 0.3) is 0 Å². The number of rotatable bonds is 3. The molecule has 0 bridgehead atoms. The maximum atomic E-state index is 12.7. The number of hydrogen-bond donors (Lipinski definition) is 3. The van der Waals surface area contributed by atoms with Crippen LogP contribution >= 0.6 is 0 Å². The van der Waals surface area contributed by atoms with Crippen molar-refractivity contribution < 1.29 is 23.8 Å². The number of carbonyl (C=O) groups is 1. The predicted octanol–water partition coefficient (Wildman–Crippen LogP) is 0.410. The molecule has 0 heterocycles. The highest BCUT2D eigenvalue weighted by Gasteiger charge is 2.24. The van der Waals surface area contributed by atoms with Gasteiger partial charge < -0.3 is 15.9 Å². The summed E-state index contributed by atoms with van der Waals surface area (Å²) in [5.41, 5.74) is 4.89. The van der Waals surface area contributed by atoms with E-state index in [9.17, 15) is 18.7 Å². The van der Waals surface area contributed by atoms with E-state index in [0.717, 1.165) is 12.1 Å². The maximum Gasteiger partial charge on any atom is 0.323 e. The summed E-state index contributed by atoms with van der Waals surface area (Å²) in [6.07, 6.45) is -1.65. The fourth-order valence-corrected chi connectivity index (χ4v) is 1.09. The number of carboxylic acid groups (broad SMARTS) is 1. The molecule has 2 atom stereocenters. The Morgan fingerprint density at radius 1 is 1.27 bits per heavy atom. The van der Waals surface area contributed by atoms with E-state index < -0.39 is 29.7 Å². The predicted molar refractivity (Wildman–Crippen MR) is 46.9 cm³/mol. The molecule has 0 aromatic heterocycles. The van der Waals surface area contributed by atoms with Gasteiger partial charge in [0.1, 0.15) is 23.8 Å². The van der Waals surface area contributed by atoms with Crippen LogP contribution in [0.4, 0.5) is 8.78 Å². The molecular weight excluding hydrogens is 208 g/mol. The van der Waals surface area contributed by atoms with Gasteiger partial charge in [-0.1, -0.05) is 0 Å². The molecule has 1 rings (SSSR count). The van der Waals surface area contributed by atoms with Gasteiger partial charge >= 0.3 is 5.97 Å². The van der Waals surface area contributed by atoms with Crippen molar-refractivity contribution in [2.75, 3.05) is 0 Å². The molecule has 82 valence electrons. The number of nitrogens with two attached hydrogens (primary N) is 1. The quantitative estimate of drug-likeness (QED) is 0.684. The highest BCUT2D eigenvalue weighted by molar-refractivity contribution is 5.74. The second-order valence-electron chi connectivity index (χ2n) is 3.01. The number of aliphatic hydroxyl groups excluding tert-OH is 1. The average Bonchev–Trinajstić information content (AvgIpc) is 2.13. The minimum absolute atomic E-state index is 0.206. The van der Waals surface area contributed by atoms with E-state index in [4.69, 9.17) is 10.8 Å². The molecule has 0 fully saturated rings. The molecule has 0 saturated carbocycles. The zero-order valence-corrected chi connectivity index (χ0v) is 7.52. The Morgan fingerprint density at radius 2 is 1.73 bits per heavy atom. The highest BCUT2D eigenvalue weighted by atomic mass is 19.1. The van der Waals surface area contributed by atoms with Crippen molar-refractivity contribution in [2.45, 2.75) is 12.1 Å². The molecule has 0 radical (unpaired) electrons. The second kappa shape index (κ2) is 4.33. The Balaban J connectivity index is 3.00. The number of aliphatic carboxylic acids is 1. The largest absolute Gasteiger partial charge is 0.480 e. The maximum absolute atomic E-state index is 12.7. The zero-order chi connectivity index (χ0) is 11.6. The van der Waals surface area contributed by atoms with Crippen LogP contribution in [0.15, 0.2) is 18.2 Å². The van der Waals surface area contributed by atoms with Crippen LogP contribution < -0.4 is 5.73 Å². The number of carboxylic acids is 1. The van der Waals surface area contributed by atoms with Gasteiger partial charge in [0, 0.05) is 6.07 Å². The number of aliphatic hydroxyl groups is 1. The lowest BCUT2D eigenvalue weighted by Crippen LogP contribution is -2.36. The van der Waals surface area contributed by atoms with E-state index in [-0.39, 0.29) is 5.56 Å². The van der Waals surface area contributed by atoms with Crippen molar-refractivity contribution in [3.05, 3.63) is 35.4 Å². The summed E-state index contributed by atoms with van der Waals surface area (Å²) in [5, 5.41) is 17.8. The Bertz CT molecular complexity index is 363. The van der Waals surface area contributed by atoms with E-state index in [1.807, 2.05) is 0 Å². The molecule has 0 aliphatic carbocycles. The van der Waals surface area contributed by atoms with Gasteiger partial charge in [-0.3, -0.25) is 4.79 Å². The van der Waals surface area contributed by atoms with Crippen molar-refractivity contribution >= 4 is 5.97 Å². The zero-order valence-electron chi connectivity index (χ0n) is 7.52. The first-order valence-electron chi connectivity index (χ1n) is 4.04. The van der Waals surface area contributed by atoms with Gasteiger partial charge in [0.05, 0.1) is 0 Å². The average molecular weight is 217 g/mol. The van der Waals surface area contributed by atoms with Crippen molar-refractivity contribution in [3.63, 3.8) is 0 Å². The van der Waals surface area contributed by atoms with Gasteiger partial charge in [-0.25, -0.2) is 8.78 Å². The fourth-order valence-electron chi connectivity index (χ4n) is 1.09. The number of benzene rings is 1. The molecule has 0 amide bonds. The van der Waals surface area contributed by atoms with Crippen LogP contribution in [0.2, 0.25) is 0 Å². The molecule has 15 heavy (non-hydrogen) atoms. The molecule has 0 aliphatic rings. The highest BCUT2D eigenvalue weighted by Crippen LogP contribution is 2.18. The van der Waals surface area contributed by atoms with E-state index in [0.29, 0.717) is 6.07 Å². The lowest BCUT2D eigenvalue weighted by molar-refractivity contribution is -0.141. The molecule has 2 unspecified atom stereocenters. The second-order valence-corrected chi connectivity index (χ2v) is 3.01. The van der Waals surface area contributed by atoms with Gasteiger partial charge in [0.25, 0.3) is 0 Å². The first-order valence-corrected chi connectivity index (χ1v) is 4.04. The summed E-state index contributed by atoms with van der Waals surface area (Å²) in [4.78, 5) is 10.4. The van der Waals surface area contributed by atoms with Gasteiger partial charge in [0.15, 0.2) is 0 Å². The third kappa shape index (κ3) is 2.71. The Morgan fingerprint density at radius 3 is 2.13 bits per heavy atom. The molecule has 0 saturated heterocycles. The van der Waals surface area contributed by atoms with Crippen molar-refractivity contribution in [1.82, 2.24) is 0 Å². The first-order chi connectivity index (χ1) is 6.91. The van der Waals surface area contributed by atoms with Crippen LogP contribution in [0, 0.1) is 11.6 Å². The minimum atomic E-state index is -1.65. The van der Waals surface area contributed by atoms with E-state index in [1.54, 1.807) is 0 Å². The van der Waals surface area contributed by atoms with Gasteiger partial charge in [0.2, 0.25) is 0 Å². The first kappa shape index (κ1) is 11.5. The van der Waals surface area contributed by atoms with E-state index >= 15 is 0 Å². The van der Waals surface area contributed by atoms with Crippen molar-refractivity contribution in [2.24, 2.45) is 5.73 Å². The number of halogens is 2. The lowest BCUT2D eigenvalue weighted by Gasteiger charge is -2.15. The molecule has 4 nitrogen and oxygen atoms in total. The summed E-state index contributed by atoms with van der Waals surface area (Å²) in [6, 6.07) is 0.654. The van der Waals surface area contributed by atoms with E-state index in [1.165, 1.54) is 0 Å². The lowest BCUT2D eigenvalue weighted by atomic mass is 10.0. The molecule has 1 aromatic rings. The monoisotopic (exact) mass is 217 g/mol. The van der Waals surface area contributed by atoms with Crippen molar-refractivity contribution in [1.29, 1.82) is 0 Å². The molecule has 6 heteroatoms. The Labute approximate surface area is 83.9 Å². The normalized spacial score (nSPS) is 14.7. The molecule has 1 aromatic carbocycles. The molecule has 0 spiro atoms. The third-order valence-electron chi connectivity index (χ3n) is 1.85. The fraction of sp³-hybridized carbons (Fsp3) is 0.222. The summed E-state index contributed by atoms with van der Waals surface area (Å²) < 4.78 is 25.4. The van der Waals surface area contributed by atoms with Crippen molar-refractivity contribution in [3.8, 4) is 0 Å². The summed E-state index contributed by atoms with van der Waals surface area (Å²) in [6.45, 7) is 0.